The van der Waals surface area contributed by atoms with Crippen molar-refractivity contribution in [2.75, 3.05) is 0 Å². The van der Waals surface area contributed by atoms with Gasteiger partial charge in [-0.15, -0.1) is 0 Å². The zero-order valence-corrected chi connectivity index (χ0v) is 8.09. The Hall–Kier alpha value is -1.39. The van der Waals surface area contributed by atoms with Crippen LogP contribution < -0.4 is 0 Å². The third kappa shape index (κ3) is 1.42. The highest BCUT2D eigenvalue weighted by atomic mass is 19.3. The predicted octanol–water partition coefficient (Wildman–Crippen LogP) is 3.26. The van der Waals surface area contributed by atoms with Gasteiger partial charge in [0.15, 0.2) is 0 Å². The normalized spacial score (nSPS) is 25.9. The molecular formula is C11H8F4O. The van der Waals surface area contributed by atoms with Crippen LogP contribution in [0.1, 0.15) is 28.3 Å². The average molecular weight is 232 g/mol. The van der Waals surface area contributed by atoms with Gasteiger partial charge in [0.25, 0.3) is 0 Å². The van der Waals surface area contributed by atoms with Crippen LogP contribution in [0.15, 0.2) is 24.3 Å². The molecule has 1 unspecified atom stereocenters. The van der Waals surface area contributed by atoms with Gasteiger partial charge >= 0.3 is 11.8 Å². The Kier molecular flexibility index (Phi) is 2.29. The first-order chi connectivity index (χ1) is 7.38. The van der Waals surface area contributed by atoms with Gasteiger partial charge in [0, 0.05) is 12.0 Å². The molecule has 16 heavy (non-hydrogen) atoms. The number of alkyl halides is 4. The lowest BCUT2D eigenvalue weighted by Gasteiger charge is -2.44. The number of rotatable bonds is 2. The van der Waals surface area contributed by atoms with E-state index >= 15 is 0 Å². The van der Waals surface area contributed by atoms with E-state index in [2.05, 4.69) is 0 Å². The molecule has 0 heterocycles. The van der Waals surface area contributed by atoms with Gasteiger partial charge < -0.3 is 0 Å². The molecule has 1 aliphatic rings. The summed E-state index contributed by atoms with van der Waals surface area (Å²) in [6.45, 7) is 0. The first-order valence-corrected chi connectivity index (χ1v) is 4.69. The highest BCUT2D eigenvalue weighted by Gasteiger charge is 2.71. The Morgan fingerprint density at radius 3 is 2.44 bits per heavy atom. The fourth-order valence-electron chi connectivity index (χ4n) is 1.82. The summed E-state index contributed by atoms with van der Waals surface area (Å²) in [4.78, 5) is 10.4. The number of carbonyl (C=O) groups excluding carboxylic acids is 1. The number of aldehydes is 1. The molecule has 86 valence electrons. The lowest BCUT2D eigenvalue weighted by Crippen LogP contribution is -2.56. The lowest BCUT2D eigenvalue weighted by molar-refractivity contribution is -0.290. The molecule has 1 aromatic carbocycles. The van der Waals surface area contributed by atoms with Gasteiger partial charge in [-0.3, -0.25) is 4.79 Å². The van der Waals surface area contributed by atoms with Crippen LogP contribution in [-0.2, 0) is 0 Å². The molecule has 2 rings (SSSR count). The van der Waals surface area contributed by atoms with Crippen LogP contribution in [0.25, 0.3) is 0 Å². The standard InChI is InChI=1S/C11H8F4O/c12-10(13)5-9(11(10,14)15)8-3-1-2-7(4-8)6-16/h1-4,6,9H,5H2. The fraction of sp³-hybridized carbons (Fsp3) is 0.364. The van der Waals surface area contributed by atoms with Crippen molar-refractivity contribution in [3.05, 3.63) is 35.4 Å². The summed E-state index contributed by atoms with van der Waals surface area (Å²) in [5, 5.41) is 0. The van der Waals surface area contributed by atoms with E-state index in [-0.39, 0.29) is 11.1 Å². The van der Waals surface area contributed by atoms with Crippen molar-refractivity contribution in [2.24, 2.45) is 0 Å². The van der Waals surface area contributed by atoms with Crippen LogP contribution in [-0.4, -0.2) is 18.1 Å². The SMILES string of the molecule is O=Cc1cccc(C2CC(F)(F)C2(F)F)c1. The van der Waals surface area contributed by atoms with Gasteiger partial charge in [0.2, 0.25) is 0 Å². The number of hydrogen-bond donors (Lipinski definition) is 0. The molecule has 5 heteroatoms. The zero-order chi connectivity index (χ0) is 12.0. The van der Waals surface area contributed by atoms with E-state index < -0.39 is 24.2 Å². The summed E-state index contributed by atoms with van der Waals surface area (Å²) in [6.07, 6.45) is -0.374. The summed E-state index contributed by atoms with van der Waals surface area (Å²) < 4.78 is 51.4. The molecule has 0 saturated heterocycles. The van der Waals surface area contributed by atoms with Crippen LogP contribution >= 0.6 is 0 Å². The van der Waals surface area contributed by atoms with Crippen molar-refractivity contribution in [3.63, 3.8) is 0 Å². The maximum Gasteiger partial charge on any atom is 0.317 e. The van der Waals surface area contributed by atoms with E-state index in [9.17, 15) is 22.4 Å². The van der Waals surface area contributed by atoms with E-state index in [4.69, 9.17) is 0 Å². The van der Waals surface area contributed by atoms with Crippen molar-refractivity contribution < 1.29 is 22.4 Å². The second kappa shape index (κ2) is 3.30. The number of benzene rings is 1. The van der Waals surface area contributed by atoms with E-state index in [0.29, 0.717) is 6.29 Å². The monoisotopic (exact) mass is 232 g/mol. The highest BCUT2D eigenvalue weighted by Crippen LogP contribution is 2.59. The molecule has 1 atom stereocenters. The van der Waals surface area contributed by atoms with Crippen molar-refractivity contribution in [1.82, 2.24) is 0 Å². The van der Waals surface area contributed by atoms with Crippen LogP contribution in [0, 0.1) is 0 Å². The molecule has 0 radical (unpaired) electrons. The van der Waals surface area contributed by atoms with Crippen molar-refractivity contribution >= 4 is 6.29 Å². The third-order valence-corrected chi connectivity index (χ3v) is 2.83. The summed E-state index contributed by atoms with van der Waals surface area (Å²) in [6, 6.07) is 5.40. The molecule has 0 aliphatic heterocycles. The predicted molar refractivity (Wildman–Crippen MR) is 49.1 cm³/mol. The highest BCUT2D eigenvalue weighted by molar-refractivity contribution is 5.75. The zero-order valence-electron chi connectivity index (χ0n) is 8.09. The molecule has 0 aromatic heterocycles. The molecule has 1 fully saturated rings. The number of hydrogen-bond acceptors (Lipinski definition) is 1. The summed E-state index contributed by atoms with van der Waals surface area (Å²) in [7, 11) is 0. The van der Waals surface area contributed by atoms with Gasteiger partial charge in [0.1, 0.15) is 6.29 Å². The molecule has 1 nitrogen and oxygen atoms in total. The van der Waals surface area contributed by atoms with E-state index in [1.54, 1.807) is 0 Å². The number of carbonyl (C=O) groups is 1. The Morgan fingerprint density at radius 1 is 1.25 bits per heavy atom. The van der Waals surface area contributed by atoms with Crippen LogP contribution in [0.5, 0.6) is 0 Å². The largest absolute Gasteiger partial charge is 0.317 e. The van der Waals surface area contributed by atoms with Crippen LogP contribution in [0.3, 0.4) is 0 Å². The fourth-order valence-corrected chi connectivity index (χ4v) is 1.82. The maximum absolute atomic E-state index is 13.1. The Balaban J connectivity index is 2.31. The summed E-state index contributed by atoms with van der Waals surface area (Å²) in [5.74, 6) is -9.45. The molecule has 0 bridgehead atoms. The van der Waals surface area contributed by atoms with E-state index in [1.165, 1.54) is 24.3 Å². The van der Waals surface area contributed by atoms with Gasteiger partial charge in [0.05, 0.1) is 5.92 Å². The first kappa shape index (κ1) is 11.1. The molecule has 0 spiro atoms. The third-order valence-electron chi connectivity index (χ3n) is 2.83. The van der Waals surface area contributed by atoms with Gasteiger partial charge in [-0.05, 0) is 11.6 Å². The molecule has 0 N–H and O–H groups in total. The van der Waals surface area contributed by atoms with Gasteiger partial charge in [-0.25, -0.2) is 0 Å². The second-order valence-corrected chi connectivity index (χ2v) is 3.87. The molecule has 1 aromatic rings. The lowest BCUT2D eigenvalue weighted by atomic mass is 9.72. The average Bonchev–Trinajstić information content (AvgIpc) is 2.26. The van der Waals surface area contributed by atoms with Crippen molar-refractivity contribution in [1.29, 1.82) is 0 Å². The van der Waals surface area contributed by atoms with Gasteiger partial charge in [-0.2, -0.15) is 17.6 Å². The molecule has 0 amide bonds. The Labute approximate surface area is 89.1 Å². The minimum atomic E-state index is -4.02. The molecular weight excluding hydrogens is 224 g/mol. The minimum Gasteiger partial charge on any atom is -0.298 e. The molecule has 1 saturated carbocycles. The molecule has 1 aliphatic carbocycles. The quantitative estimate of drug-likeness (QED) is 0.565. The summed E-state index contributed by atoms with van der Waals surface area (Å²) in [5.41, 5.74) is 0.295. The Morgan fingerprint density at radius 2 is 1.94 bits per heavy atom. The van der Waals surface area contributed by atoms with Gasteiger partial charge in [-0.1, -0.05) is 18.2 Å². The smallest absolute Gasteiger partial charge is 0.298 e. The minimum absolute atomic E-state index is 0.0838. The topological polar surface area (TPSA) is 17.1 Å². The van der Waals surface area contributed by atoms with E-state index in [0.717, 1.165) is 0 Å². The number of halogens is 4. The Bertz CT molecular complexity index is 428. The second-order valence-electron chi connectivity index (χ2n) is 3.87. The first-order valence-electron chi connectivity index (χ1n) is 4.69. The van der Waals surface area contributed by atoms with Crippen molar-refractivity contribution in [2.45, 2.75) is 24.2 Å². The van der Waals surface area contributed by atoms with Crippen LogP contribution in [0.4, 0.5) is 17.6 Å². The maximum atomic E-state index is 13.1. The summed E-state index contributed by atoms with van der Waals surface area (Å²) >= 11 is 0. The van der Waals surface area contributed by atoms with Crippen LogP contribution in [0.2, 0.25) is 0 Å². The van der Waals surface area contributed by atoms with E-state index in [1.807, 2.05) is 0 Å². The van der Waals surface area contributed by atoms with Crippen molar-refractivity contribution in [3.8, 4) is 0 Å².